The largest absolute Gasteiger partial charge is 0.416 e. The minimum Gasteiger partial charge on any atom is -0.236 e. The van der Waals surface area contributed by atoms with Crippen LogP contribution in [0, 0.1) is 0 Å². The minimum absolute atomic E-state index is 0.378. The van der Waals surface area contributed by atoms with Gasteiger partial charge in [-0.2, -0.15) is 13.2 Å². The molecule has 2 aromatic rings. The first kappa shape index (κ1) is 18.4. The van der Waals surface area contributed by atoms with Crippen molar-refractivity contribution in [1.29, 1.82) is 0 Å². The third-order valence-electron chi connectivity index (χ3n) is 3.04. The summed E-state index contributed by atoms with van der Waals surface area (Å²) in [5, 5.41) is 0.716. The molecule has 0 saturated carbocycles. The van der Waals surface area contributed by atoms with Gasteiger partial charge in [0, 0.05) is 5.57 Å². The normalized spacial score (nSPS) is 12.0. The van der Waals surface area contributed by atoms with E-state index in [1.54, 1.807) is 0 Å². The van der Waals surface area contributed by atoms with E-state index in [2.05, 4.69) is 11.6 Å². The second-order valence-corrected chi connectivity index (χ2v) is 5.39. The van der Waals surface area contributed by atoms with E-state index < -0.39 is 11.7 Å². The summed E-state index contributed by atoms with van der Waals surface area (Å²) < 4.78 is 38.8. The minimum atomic E-state index is -4.34. The van der Waals surface area contributed by atoms with Crippen LogP contribution in [0.15, 0.2) is 36.4 Å². The van der Waals surface area contributed by atoms with Crippen LogP contribution < -0.4 is 0 Å². The summed E-state index contributed by atoms with van der Waals surface area (Å²) in [6.45, 7) is 11.8. The number of rotatable bonds is 3. The Balaban J connectivity index is 0.00000116. The molecule has 0 amide bonds. The summed E-state index contributed by atoms with van der Waals surface area (Å²) in [5.41, 5.74) is 1.55. The lowest BCUT2D eigenvalue weighted by Crippen LogP contribution is -2.03. The Morgan fingerprint density at radius 3 is 2.45 bits per heavy atom. The van der Waals surface area contributed by atoms with Crippen molar-refractivity contribution in [2.75, 3.05) is 0 Å². The van der Waals surface area contributed by atoms with Crippen LogP contribution in [0.4, 0.5) is 13.2 Å². The van der Waals surface area contributed by atoms with Gasteiger partial charge in [0.2, 0.25) is 0 Å². The van der Waals surface area contributed by atoms with Gasteiger partial charge < -0.3 is 0 Å². The molecular formula is C17H20F3NS. The van der Waals surface area contributed by atoms with Crippen LogP contribution >= 0.6 is 11.3 Å². The summed E-state index contributed by atoms with van der Waals surface area (Å²) in [4.78, 5) is 4.32. The maximum Gasteiger partial charge on any atom is 0.416 e. The number of thiazole rings is 1. The average Bonchev–Trinajstić information content (AvgIpc) is 2.91. The van der Waals surface area contributed by atoms with Crippen molar-refractivity contribution in [3.05, 3.63) is 47.0 Å². The van der Waals surface area contributed by atoms with E-state index in [1.165, 1.54) is 17.4 Å². The summed E-state index contributed by atoms with van der Waals surface area (Å²) in [5.74, 6) is 0. The maximum absolute atomic E-state index is 12.7. The Bertz CT molecular complexity index is 681. The van der Waals surface area contributed by atoms with Gasteiger partial charge in [-0.15, -0.1) is 11.3 Å². The van der Waals surface area contributed by atoms with Gasteiger partial charge in [-0.1, -0.05) is 33.4 Å². The lowest BCUT2D eigenvalue weighted by atomic mass is 10.1. The first-order valence-corrected chi connectivity index (χ1v) is 8.01. The molecule has 120 valence electrons. The molecule has 0 saturated heterocycles. The standard InChI is InChI=1S/C15H14F3NS.C2H6/c1-4-9(3)11(5-2)14-19-12-8-10(15(16,17)18)6-7-13(12)20-14;1-2/h5-8H,3-4H2,1-2H3;1-2H3/b11-5+;. The summed E-state index contributed by atoms with van der Waals surface area (Å²) >= 11 is 1.39. The van der Waals surface area contributed by atoms with Crippen molar-refractivity contribution < 1.29 is 13.2 Å². The Morgan fingerprint density at radius 2 is 1.95 bits per heavy atom. The monoisotopic (exact) mass is 327 g/mol. The Kier molecular flexibility index (Phi) is 6.35. The molecule has 0 radical (unpaired) electrons. The molecule has 1 aromatic heterocycles. The molecule has 0 atom stereocenters. The molecule has 0 spiro atoms. The van der Waals surface area contributed by atoms with E-state index in [4.69, 9.17) is 0 Å². The van der Waals surface area contributed by atoms with Gasteiger partial charge in [0.25, 0.3) is 0 Å². The topological polar surface area (TPSA) is 12.9 Å². The van der Waals surface area contributed by atoms with Gasteiger partial charge in [0.15, 0.2) is 0 Å². The number of allylic oxidation sites excluding steroid dienone is 3. The molecule has 5 heteroatoms. The van der Waals surface area contributed by atoms with Crippen molar-refractivity contribution in [2.45, 2.75) is 40.3 Å². The van der Waals surface area contributed by atoms with Gasteiger partial charge in [-0.3, -0.25) is 0 Å². The van der Waals surface area contributed by atoms with Gasteiger partial charge in [0.1, 0.15) is 5.01 Å². The summed E-state index contributed by atoms with van der Waals surface area (Å²) in [7, 11) is 0. The third kappa shape index (κ3) is 3.97. The molecule has 1 nitrogen and oxygen atoms in total. The fraction of sp³-hybridized carbons (Fsp3) is 0.353. The smallest absolute Gasteiger partial charge is 0.236 e. The predicted octanol–water partition coefficient (Wildman–Crippen LogP) is 6.71. The predicted molar refractivity (Wildman–Crippen MR) is 89.1 cm³/mol. The molecule has 0 N–H and O–H groups in total. The highest BCUT2D eigenvalue weighted by molar-refractivity contribution is 7.19. The lowest BCUT2D eigenvalue weighted by molar-refractivity contribution is -0.137. The van der Waals surface area contributed by atoms with Crippen LogP contribution in [0.3, 0.4) is 0 Å². The fourth-order valence-corrected chi connectivity index (χ4v) is 2.96. The van der Waals surface area contributed by atoms with E-state index in [-0.39, 0.29) is 0 Å². The maximum atomic E-state index is 12.7. The molecule has 0 aliphatic carbocycles. The third-order valence-corrected chi connectivity index (χ3v) is 4.11. The lowest BCUT2D eigenvalue weighted by Gasteiger charge is -2.05. The zero-order chi connectivity index (χ0) is 16.9. The highest BCUT2D eigenvalue weighted by Gasteiger charge is 2.30. The number of alkyl halides is 3. The Labute approximate surface area is 133 Å². The van der Waals surface area contributed by atoms with Crippen LogP contribution in [0.1, 0.15) is 44.7 Å². The van der Waals surface area contributed by atoms with Crippen molar-refractivity contribution >= 4 is 27.1 Å². The highest BCUT2D eigenvalue weighted by Crippen LogP contribution is 2.35. The van der Waals surface area contributed by atoms with Crippen LogP contribution in [-0.2, 0) is 6.18 Å². The van der Waals surface area contributed by atoms with Crippen molar-refractivity contribution in [3.63, 3.8) is 0 Å². The number of hydrogen-bond acceptors (Lipinski definition) is 2. The number of benzene rings is 1. The van der Waals surface area contributed by atoms with Crippen LogP contribution in [0.2, 0.25) is 0 Å². The number of nitrogens with zero attached hydrogens (tertiary/aromatic N) is 1. The number of aromatic nitrogens is 1. The van der Waals surface area contributed by atoms with Crippen molar-refractivity contribution in [1.82, 2.24) is 4.98 Å². The zero-order valence-electron chi connectivity index (χ0n) is 13.2. The van der Waals surface area contributed by atoms with Gasteiger partial charge in [-0.25, -0.2) is 4.98 Å². The molecule has 0 aliphatic rings. The molecule has 0 bridgehead atoms. The van der Waals surface area contributed by atoms with E-state index >= 15 is 0 Å². The van der Waals surface area contributed by atoms with E-state index in [9.17, 15) is 13.2 Å². The second kappa shape index (κ2) is 7.58. The second-order valence-electron chi connectivity index (χ2n) is 4.36. The van der Waals surface area contributed by atoms with E-state index in [0.29, 0.717) is 10.5 Å². The van der Waals surface area contributed by atoms with E-state index in [0.717, 1.165) is 34.4 Å². The summed E-state index contributed by atoms with van der Waals surface area (Å²) in [6.07, 6.45) is -1.66. The Hall–Kier alpha value is -1.62. The molecule has 1 heterocycles. The SMILES string of the molecule is C=C(CC)/C(=C\C)c1nc2cc(C(F)(F)F)ccc2s1.CC. The molecule has 22 heavy (non-hydrogen) atoms. The molecule has 0 aliphatic heterocycles. The van der Waals surface area contributed by atoms with Crippen LogP contribution in [0.25, 0.3) is 15.8 Å². The van der Waals surface area contributed by atoms with E-state index in [1.807, 2.05) is 33.8 Å². The fourth-order valence-electron chi connectivity index (χ4n) is 1.89. The first-order chi connectivity index (χ1) is 10.4. The summed E-state index contributed by atoms with van der Waals surface area (Å²) in [6, 6.07) is 3.66. The van der Waals surface area contributed by atoms with Crippen LogP contribution in [0.5, 0.6) is 0 Å². The molecule has 0 fully saturated rings. The van der Waals surface area contributed by atoms with Crippen LogP contribution in [-0.4, -0.2) is 4.98 Å². The van der Waals surface area contributed by atoms with Gasteiger partial charge in [0.05, 0.1) is 15.8 Å². The van der Waals surface area contributed by atoms with Crippen molar-refractivity contribution in [2.24, 2.45) is 0 Å². The Morgan fingerprint density at radius 1 is 1.32 bits per heavy atom. The number of halogens is 3. The zero-order valence-corrected chi connectivity index (χ0v) is 14.0. The molecular weight excluding hydrogens is 307 g/mol. The molecule has 2 rings (SSSR count). The van der Waals surface area contributed by atoms with Gasteiger partial charge >= 0.3 is 6.18 Å². The average molecular weight is 327 g/mol. The van der Waals surface area contributed by atoms with Crippen molar-refractivity contribution in [3.8, 4) is 0 Å². The quantitative estimate of drug-likeness (QED) is 0.571. The first-order valence-electron chi connectivity index (χ1n) is 7.19. The number of hydrogen-bond donors (Lipinski definition) is 0. The van der Waals surface area contributed by atoms with Gasteiger partial charge in [-0.05, 0) is 37.1 Å². The molecule has 0 unspecified atom stereocenters. The number of fused-ring (bicyclic) bond motifs is 1. The highest BCUT2D eigenvalue weighted by atomic mass is 32.1. The molecule has 1 aromatic carbocycles.